The van der Waals surface area contributed by atoms with Crippen LogP contribution < -0.4 is 0 Å². The molecule has 1 N–H and O–H groups in total. The van der Waals surface area contributed by atoms with Gasteiger partial charge in [0.15, 0.2) is 0 Å². The molecule has 2 nitrogen and oxygen atoms in total. The van der Waals surface area contributed by atoms with Gasteiger partial charge in [0.1, 0.15) is 0 Å². The molecule has 0 aromatic heterocycles. The highest BCUT2D eigenvalue weighted by atomic mass is 16.3. The van der Waals surface area contributed by atoms with Crippen LogP contribution in [0.3, 0.4) is 0 Å². The van der Waals surface area contributed by atoms with Crippen molar-refractivity contribution in [2.24, 2.45) is 40.4 Å². The number of piperidine rings is 1. The number of likely N-dealkylation sites (tertiary alicyclic amines) is 1. The van der Waals surface area contributed by atoms with Gasteiger partial charge in [-0.1, -0.05) is 20.8 Å². The Hall–Kier alpha value is -0.0800. The molecule has 6 bridgehead atoms. The normalized spacial score (nSPS) is 56.6. The number of hydrogen-bond acceptors (Lipinski definition) is 2. The van der Waals surface area contributed by atoms with E-state index in [-0.39, 0.29) is 5.60 Å². The van der Waals surface area contributed by atoms with Crippen LogP contribution in [0.2, 0.25) is 0 Å². The van der Waals surface area contributed by atoms with Gasteiger partial charge in [0, 0.05) is 19.1 Å². The van der Waals surface area contributed by atoms with E-state index in [9.17, 15) is 5.11 Å². The van der Waals surface area contributed by atoms with Crippen molar-refractivity contribution in [1.82, 2.24) is 4.90 Å². The maximum Gasteiger partial charge on any atom is 0.0656 e. The fourth-order valence-corrected chi connectivity index (χ4v) is 8.43. The Labute approximate surface area is 148 Å². The topological polar surface area (TPSA) is 23.5 Å². The average molecular weight is 332 g/mol. The van der Waals surface area contributed by atoms with Crippen LogP contribution in [-0.4, -0.2) is 34.7 Å². The molecule has 5 atom stereocenters. The molecule has 1 aliphatic heterocycles. The van der Waals surface area contributed by atoms with Gasteiger partial charge in [-0.15, -0.1) is 0 Å². The third-order valence-electron chi connectivity index (χ3n) is 10.1. The fourth-order valence-electron chi connectivity index (χ4n) is 8.43. The van der Waals surface area contributed by atoms with E-state index in [0.29, 0.717) is 10.8 Å². The molecule has 1 heterocycles. The van der Waals surface area contributed by atoms with Gasteiger partial charge in [0.2, 0.25) is 0 Å². The molecule has 136 valence electrons. The van der Waals surface area contributed by atoms with Crippen molar-refractivity contribution in [3.8, 4) is 0 Å². The zero-order chi connectivity index (χ0) is 16.9. The molecule has 0 aromatic rings. The molecule has 5 aliphatic carbocycles. The first-order valence-corrected chi connectivity index (χ1v) is 10.7. The lowest BCUT2D eigenvalue weighted by Crippen LogP contribution is -2.62. The highest BCUT2D eigenvalue weighted by Crippen LogP contribution is 2.62. The maximum atomic E-state index is 10.9. The number of hydrogen-bond donors (Lipinski definition) is 1. The van der Waals surface area contributed by atoms with Crippen LogP contribution in [0.25, 0.3) is 0 Å². The summed E-state index contributed by atoms with van der Waals surface area (Å²) in [5, 5.41) is 10.9. The maximum absolute atomic E-state index is 10.9. The lowest BCUT2D eigenvalue weighted by Gasteiger charge is -2.61. The lowest BCUT2D eigenvalue weighted by atomic mass is 9.48. The molecular weight excluding hydrogens is 294 g/mol. The van der Waals surface area contributed by atoms with Crippen molar-refractivity contribution in [3.05, 3.63) is 0 Å². The van der Waals surface area contributed by atoms with E-state index in [1.54, 1.807) is 0 Å². The van der Waals surface area contributed by atoms with Gasteiger partial charge in [0.25, 0.3) is 0 Å². The van der Waals surface area contributed by atoms with Gasteiger partial charge >= 0.3 is 0 Å². The minimum absolute atomic E-state index is 0.276. The van der Waals surface area contributed by atoms with Gasteiger partial charge in [-0.05, 0) is 92.3 Å². The minimum Gasteiger partial charge on any atom is -0.390 e. The Kier molecular flexibility index (Phi) is 3.22. The second-order valence-electron chi connectivity index (χ2n) is 11.5. The summed E-state index contributed by atoms with van der Waals surface area (Å²) in [6, 6.07) is 0.722. The Morgan fingerprint density at radius 3 is 2.29 bits per heavy atom. The fraction of sp³-hybridized carbons (Fsp3) is 1.00. The first-order valence-electron chi connectivity index (χ1n) is 10.7. The third kappa shape index (κ3) is 2.02. The summed E-state index contributed by atoms with van der Waals surface area (Å²) in [7, 11) is 0. The van der Waals surface area contributed by atoms with Crippen molar-refractivity contribution in [2.75, 3.05) is 13.1 Å². The van der Waals surface area contributed by atoms with E-state index in [4.69, 9.17) is 0 Å². The van der Waals surface area contributed by atoms with Gasteiger partial charge in [-0.25, -0.2) is 0 Å². The van der Waals surface area contributed by atoms with Gasteiger partial charge < -0.3 is 5.11 Å². The second-order valence-corrected chi connectivity index (χ2v) is 11.5. The zero-order valence-electron chi connectivity index (χ0n) is 16.2. The monoisotopic (exact) mass is 331 g/mol. The Balaban J connectivity index is 1.38. The largest absolute Gasteiger partial charge is 0.390 e. The third-order valence-corrected chi connectivity index (χ3v) is 10.1. The number of nitrogens with zero attached hydrogens (tertiary/aromatic N) is 1. The quantitative estimate of drug-likeness (QED) is 0.814. The molecule has 5 saturated carbocycles. The molecule has 0 amide bonds. The van der Waals surface area contributed by atoms with Crippen LogP contribution in [0.1, 0.15) is 72.6 Å². The smallest absolute Gasteiger partial charge is 0.0656 e. The molecular formula is C22H37NO. The first kappa shape index (κ1) is 16.1. The molecule has 6 aliphatic rings. The highest BCUT2D eigenvalue weighted by molar-refractivity contribution is 5.10. The van der Waals surface area contributed by atoms with E-state index < -0.39 is 0 Å². The Bertz CT molecular complexity index is 526. The molecule has 6 rings (SSSR count). The van der Waals surface area contributed by atoms with Crippen LogP contribution >= 0.6 is 0 Å². The van der Waals surface area contributed by atoms with Gasteiger partial charge in [-0.2, -0.15) is 0 Å². The van der Waals surface area contributed by atoms with E-state index in [0.717, 1.165) is 54.9 Å². The van der Waals surface area contributed by atoms with Crippen molar-refractivity contribution < 1.29 is 5.11 Å². The summed E-state index contributed by atoms with van der Waals surface area (Å²) in [6.07, 6.45) is 9.00. The highest BCUT2D eigenvalue weighted by Gasteiger charge is 2.59. The van der Waals surface area contributed by atoms with Crippen molar-refractivity contribution in [3.63, 3.8) is 0 Å². The van der Waals surface area contributed by atoms with Crippen molar-refractivity contribution >= 4 is 0 Å². The van der Waals surface area contributed by atoms with E-state index in [1.165, 1.54) is 38.8 Å². The number of rotatable bonds is 2. The molecule has 1 saturated heterocycles. The van der Waals surface area contributed by atoms with Crippen LogP contribution in [0, 0.1) is 40.4 Å². The molecule has 2 heteroatoms. The lowest BCUT2D eigenvalue weighted by molar-refractivity contribution is -0.170. The predicted molar refractivity (Wildman–Crippen MR) is 97.6 cm³/mol. The molecule has 24 heavy (non-hydrogen) atoms. The molecule has 6 fully saturated rings. The molecule has 0 aromatic carbocycles. The Morgan fingerprint density at radius 2 is 1.71 bits per heavy atom. The van der Waals surface area contributed by atoms with Crippen molar-refractivity contribution in [2.45, 2.75) is 84.3 Å². The van der Waals surface area contributed by atoms with Crippen molar-refractivity contribution in [1.29, 1.82) is 0 Å². The zero-order valence-corrected chi connectivity index (χ0v) is 16.2. The second kappa shape index (κ2) is 4.80. The van der Waals surface area contributed by atoms with E-state index in [2.05, 4.69) is 32.6 Å². The van der Waals surface area contributed by atoms with Crippen LogP contribution in [-0.2, 0) is 0 Å². The SMILES string of the molecule is C[C@@H](C1[C@H]2CC3C[C@H]1CC(O)(C3)C2)N1C[C@H]2CC[C@](C)(C1)C2(C)C. The predicted octanol–water partition coefficient (Wildman–Crippen LogP) is 4.32. The number of aliphatic hydroxyl groups is 1. The summed E-state index contributed by atoms with van der Waals surface area (Å²) in [5.41, 5.74) is 0.748. The summed E-state index contributed by atoms with van der Waals surface area (Å²) in [5.74, 6) is 4.18. The summed E-state index contributed by atoms with van der Waals surface area (Å²) in [6.45, 7) is 12.8. The average Bonchev–Trinajstić information content (AvgIpc) is 2.61. The van der Waals surface area contributed by atoms with E-state index in [1.807, 2.05) is 0 Å². The van der Waals surface area contributed by atoms with Crippen LogP contribution in [0.15, 0.2) is 0 Å². The Morgan fingerprint density at radius 1 is 1.04 bits per heavy atom. The van der Waals surface area contributed by atoms with Gasteiger partial charge in [0.05, 0.1) is 5.60 Å². The van der Waals surface area contributed by atoms with Crippen LogP contribution in [0.4, 0.5) is 0 Å². The van der Waals surface area contributed by atoms with Crippen LogP contribution in [0.5, 0.6) is 0 Å². The minimum atomic E-state index is -0.276. The molecule has 0 spiro atoms. The first-order chi connectivity index (χ1) is 11.2. The number of fused-ring (bicyclic) bond motifs is 2. The van der Waals surface area contributed by atoms with E-state index >= 15 is 0 Å². The molecule has 0 unspecified atom stereocenters. The summed E-state index contributed by atoms with van der Waals surface area (Å²) < 4.78 is 0. The molecule has 0 radical (unpaired) electrons. The summed E-state index contributed by atoms with van der Waals surface area (Å²) >= 11 is 0. The van der Waals surface area contributed by atoms with Gasteiger partial charge in [-0.3, -0.25) is 4.90 Å². The standard InChI is InChI=1S/C22H37NO/c1-14(23-12-18-5-6-21(4,13-23)20(18,2)3)19-16-7-15-8-17(19)11-22(24,9-15)10-16/h14-19,24H,5-13H2,1-4H3/t14-,15?,16-,17-,18+,19?,21+,22?/m0/s1. The summed E-state index contributed by atoms with van der Waals surface area (Å²) in [4.78, 5) is 2.89.